The molecule has 6 heteroatoms. The van der Waals surface area contributed by atoms with E-state index in [2.05, 4.69) is 9.97 Å². The molecule has 0 radical (unpaired) electrons. The van der Waals surface area contributed by atoms with Crippen LogP contribution in [0.1, 0.15) is 22.2 Å². The summed E-state index contributed by atoms with van der Waals surface area (Å²) in [5.74, 6) is 1.32. The van der Waals surface area contributed by atoms with Gasteiger partial charge in [0.25, 0.3) is 5.56 Å². The normalized spacial score (nSPS) is 16.3. The molecule has 1 saturated heterocycles. The molecule has 0 bridgehead atoms. The van der Waals surface area contributed by atoms with E-state index in [0.717, 1.165) is 17.6 Å². The highest BCUT2D eigenvalue weighted by Gasteiger charge is 2.23. The number of rotatable bonds is 2. The summed E-state index contributed by atoms with van der Waals surface area (Å²) >= 11 is 1.75. The van der Waals surface area contributed by atoms with Crippen molar-refractivity contribution >= 4 is 17.7 Å². The number of carbonyl (C=O) groups is 1. The first-order valence-electron chi connectivity index (χ1n) is 4.09. The second-order valence-electron chi connectivity index (χ2n) is 3.06. The Hall–Kier alpha value is -1.30. The van der Waals surface area contributed by atoms with E-state index in [0.29, 0.717) is 5.82 Å². The number of nitrogens with one attached hydrogen (secondary N) is 1. The summed E-state index contributed by atoms with van der Waals surface area (Å²) in [6.07, 6.45) is 0. The average molecular weight is 212 g/mol. The number of aromatic carboxylic acids is 1. The fraction of sp³-hybridized carbons (Fsp3) is 0.375. The fourth-order valence-electron chi connectivity index (χ4n) is 1.17. The molecule has 1 aromatic rings. The lowest BCUT2D eigenvalue weighted by Gasteiger charge is -2.23. The minimum atomic E-state index is -1.16. The van der Waals surface area contributed by atoms with Gasteiger partial charge in [-0.3, -0.25) is 4.79 Å². The van der Waals surface area contributed by atoms with Crippen LogP contribution in [0.2, 0.25) is 0 Å². The second-order valence-corrected chi connectivity index (χ2v) is 4.13. The summed E-state index contributed by atoms with van der Waals surface area (Å²) in [6, 6.07) is 0.998. The van der Waals surface area contributed by atoms with Crippen LogP contribution < -0.4 is 5.56 Å². The zero-order chi connectivity index (χ0) is 10.1. The van der Waals surface area contributed by atoms with Crippen LogP contribution in [0.3, 0.4) is 0 Å². The van der Waals surface area contributed by atoms with E-state index in [1.807, 2.05) is 0 Å². The van der Waals surface area contributed by atoms with Gasteiger partial charge in [0.2, 0.25) is 0 Å². The van der Waals surface area contributed by atoms with Crippen molar-refractivity contribution in [1.29, 1.82) is 0 Å². The summed E-state index contributed by atoms with van der Waals surface area (Å²) in [7, 11) is 0. The van der Waals surface area contributed by atoms with Gasteiger partial charge in [-0.1, -0.05) is 0 Å². The molecular formula is C8H8N2O3S. The zero-order valence-corrected chi connectivity index (χ0v) is 8.00. The molecule has 74 valence electrons. The van der Waals surface area contributed by atoms with Crippen LogP contribution in [0, 0.1) is 0 Å². The van der Waals surface area contributed by atoms with Crippen LogP contribution in [0.4, 0.5) is 0 Å². The van der Waals surface area contributed by atoms with E-state index in [1.165, 1.54) is 0 Å². The summed E-state index contributed by atoms with van der Waals surface area (Å²) in [5.41, 5.74) is -0.579. The molecule has 14 heavy (non-hydrogen) atoms. The Labute approximate surface area is 83.6 Å². The molecule has 0 aliphatic carbocycles. The van der Waals surface area contributed by atoms with Gasteiger partial charge >= 0.3 is 5.97 Å². The van der Waals surface area contributed by atoms with Crippen LogP contribution in [-0.4, -0.2) is 32.5 Å². The first-order valence-corrected chi connectivity index (χ1v) is 5.24. The highest BCUT2D eigenvalue weighted by Crippen LogP contribution is 2.31. The van der Waals surface area contributed by atoms with Gasteiger partial charge in [-0.05, 0) is 0 Å². The number of nitrogens with zero attached hydrogens (tertiary/aromatic N) is 1. The molecule has 2 N–H and O–H groups in total. The van der Waals surface area contributed by atoms with Gasteiger partial charge in [-0.2, -0.15) is 11.8 Å². The lowest BCUT2D eigenvalue weighted by Crippen LogP contribution is -2.24. The van der Waals surface area contributed by atoms with E-state index >= 15 is 0 Å². The highest BCUT2D eigenvalue weighted by molar-refractivity contribution is 8.00. The molecule has 1 fully saturated rings. The maximum absolute atomic E-state index is 11.1. The standard InChI is InChI=1S/C8H8N2O3S/c11-6-1-5(8(12)13)9-7(10-6)4-2-14-3-4/h1,4H,2-3H2,(H,12,13)(H,9,10,11). The minimum absolute atomic E-state index is 0.180. The number of hydrogen-bond acceptors (Lipinski definition) is 4. The largest absolute Gasteiger partial charge is 0.477 e. The molecule has 1 aliphatic rings. The van der Waals surface area contributed by atoms with Crippen LogP contribution in [0.25, 0.3) is 0 Å². The lowest BCUT2D eigenvalue weighted by atomic mass is 10.2. The average Bonchev–Trinajstić information content (AvgIpc) is 1.99. The SMILES string of the molecule is O=C(O)c1cc(=O)[nH]c(C2CSC2)n1. The fourth-order valence-corrected chi connectivity index (χ4v) is 1.96. The molecule has 2 rings (SSSR count). The number of aromatic nitrogens is 2. The van der Waals surface area contributed by atoms with Crippen molar-refractivity contribution in [3.05, 3.63) is 27.9 Å². The van der Waals surface area contributed by atoms with Crippen molar-refractivity contribution in [1.82, 2.24) is 9.97 Å². The van der Waals surface area contributed by atoms with Gasteiger partial charge in [0.1, 0.15) is 5.82 Å². The Morgan fingerprint density at radius 2 is 2.36 bits per heavy atom. The number of hydrogen-bond donors (Lipinski definition) is 2. The third-order valence-corrected chi connectivity index (χ3v) is 3.28. The number of H-pyrrole nitrogens is 1. The monoisotopic (exact) mass is 212 g/mol. The predicted molar refractivity (Wildman–Crippen MR) is 51.9 cm³/mol. The van der Waals surface area contributed by atoms with E-state index < -0.39 is 11.5 Å². The molecule has 0 spiro atoms. The zero-order valence-electron chi connectivity index (χ0n) is 7.19. The smallest absolute Gasteiger partial charge is 0.354 e. The molecule has 0 amide bonds. The highest BCUT2D eigenvalue weighted by atomic mass is 32.2. The van der Waals surface area contributed by atoms with E-state index in [9.17, 15) is 9.59 Å². The summed E-state index contributed by atoms with van der Waals surface area (Å²) < 4.78 is 0. The molecule has 5 nitrogen and oxygen atoms in total. The third-order valence-electron chi connectivity index (χ3n) is 2.00. The minimum Gasteiger partial charge on any atom is -0.477 e. The van der Waals surface area contributed by atoms with E-state index in [4.69, 9.17) is 5.11 Å². The van der Waals surface area contributed by atoms with Gasteiger partial charge in [-0.25, -0.2) is 9.78 Å². The van der Waals surface area contributed by atoms with Gasteiger partial charge in [0.05, 0.1) is 0 Å². The molecular weight excluding hydrogens is 204 g/mol. The molecule has 0 saturated carbocycles. The molecule has 1 aromatic heterocycles. The molecule has 2 heterocycles. The van der Waals surface area contributed by atoms with Gasteiger partial charge in [0, 0.05) is 23.5 Å². The lowest BCUT2D eigenvalue weighted by molar-refractivity contribution is 0.0689. The first-order chi connectivity index (χ1) is 6.66. The first kappa shape index (κ1) is 9.26. The van der Waals surface area contributed by atoms with Crippen molar-refractivity contribution in [2.24, 2.45) is 0 Å². The molecule has 0 atom stereocenters. The van der Waals surface area contributed by atoms with Crippen LogP contribution in [0.15, 0.2) is 10.9 Å². The van der Waals surface area contributed by atoms with Crippen molar-refractivity contribution in [3.63, 3.8) is 0 Å². The molecule has 1 aliphatic heterocycles. The molecule has 0 aromatic carbocycles. The van der Waals surface area contributed by atoms with Crippen LogP contribution >= 0.6 is 11.8 Å². The quantitative estimate of drug-likeness (QED) is 0.736. The predicted octanol–water partition coefficient (Wildman–Crippen LogP) is 0.299. The number of carboxylic acid groups (broad SMARTS) is 1. The summed E-state index contributed by atoms with van der Waals surface area (Å²) in [6.45, 7) is 0. The maximum Gasteiger partial charge on any atom is 0.354 e. The Morgan fingerprint density at radius 3 is 2.86 bits per heavy atom. The maximum atomic E-state index is 11.1. The van der Waals surface area contributed by atoms with Crippen molar-refractivity contribution in [3.8, 4) is 0 Å². The third kappa shape index (κ3) is 1.65. The van der Waals surface area contributed by atoms with Crippen LogP contribution in [-0.2, 0) is 0 Å². The van der Waals surface area contributed by atoms with Crippen molar-refractivity contribution in [2.45, 2.75) is 5.92 Å². The topological polar surface area (TPSA) is 83.0 Å². The molecule has 0 unspecified atom stereocenters. The van der Waals surface area contributed by atoms with Gasteiger partial charge in [-0.15, -0.1) is 0 Å². The van der Waals surface area contributed by atoms with Crippen molar-refractivity contribution < 1.29 is 9.90 Å². The van der Waals surface area contributed by atoms with E-state index in [-0.39, 0.29) is 11.6 Å². The summed E-state index contributed by atoms with van der Waals surface area (Å²) in [5, 5.41) is 8.69. The Balaban J connectivity index is 2.40. The van der Waals surface area contributed by atoms with E-state index in [1.54, 1.807) is 11.8 Å². The van der Waals surface area contributed by atoms with Gasteiger partial charge < -0.3 is 10.1 Å². The second kappa shape index (κ2) is 3.45. The Bertz CT molecular complexity index is 425. The van der Waals surface area contributed by atoms with Gasteiger partial charge in [0.15, 0.2) is 5.69 Å². The summed E-state index contributed by atoms with van der Waals surface area (Å²) in [4.78, 5) is 28.2. The number of thioether (sulfide) groups is 1. The Kier molecular flexibility index (Phi) is 2.28. The number of carboxylic acids is 1. The van der Waals surface area contributed by atoms with Crippen molar-refractivity contribution in [2.75, 3.05) is 11.5 Å². The Morgan fingerprint density at radius 1 is 1.64 bits per heavy atom. The number of aromatic amines is 1. The van der Waals surface area contributed by atoms with Crippen LogP contribution in [0.5, 0.6) is 0 Å².